The lowest BCUT2D eigenvalue weighted by Gasteiger charge is -2.12. The van der Waals surface area contributed by atoms with Crippen LogP contribution in [0, 0.1) is 0 Å². The van der Waals surface area contributed by atoms with Crippen LogP contribution in [0.2, 0.25) is 0 Å². The SMILES string of the molecule is CCOc1cc(/C=N/NC(=O)c2ccccc2)ccc1OC(=O)c1ccc(OC)c(OC)c1. The van der Waals surface area contributed by atoms with E-state index in [1.165, 1.54) is 26.5 Å². The number of carbonyl (C=O) groups is 2. The Bertz CT molecular complexity index is 1140. The zero-order valence-electron chi connectivity index (χ0n) is 18.5. The van der Waals surface area contributed by atoms with E-state index in [1.54, 1.807) is 54.6 Å². The average Bonchev–Trinajstić information content (AvgIpc) is 2.85. The number of nitrogens with one attached hydrogen (secondary N) is 1. The van der Waals surface area contributed by atoms with Crippen molar-refractivity contribution in [3.8, 4) is 23.0 Å². The first-order valence-corrected chi connectivity index (χ1v) is 10.1. The summed E-state index contributed by atoms with van der Waals surface area (Å²) in [5.74, 6) is 0.644. The molecule has 8 nitrogen and oxygen atoms in total. The largest absolute Gasteiger partial charge is 0.493 e. The molecule has 1 amide bonds. The van der Waals surface area contributed by atoms with Crippen molar-refractivity contribution in [2.45, 2.75) is 6.92 Å². The van der Waals surface area contributed by atoms with E-state index in [1.807, 2.05) is 13.0 Å². The maximum atomic E-state index is 12.7. The third-order valence-electron chi connectivity index (χ3n) is 4.51. The van der Waals surface area contributed by atoms with Gasteiger partial charge in [-0.15, -0.1) is 0 Å². The number of benzene rings is 3. The Morgan fingerprint density at radius 3 is 2.27 bits per heavy atom. The lowest BCUT2D eigenvalue weighted by atomic mass is 10.2. The highest BCUT2D eigenvalue weighted by Crippen LogP contribution is 2.31. The predicted molar refractivity (Wildman–Crippen MR) is 124 cm³/mol. The quantitative estimate of drug-likeness (QED) is 0.229. The second kappa shape index (κ2) is 11.3. The van der Waals surface area contributed by atoms with Gasteiger partial charge >= 0.3 is 5.97 Å². The summed E-state index contributed by atoms with van der Waals surface area (Å²) in [5.41, 5.74) is 3.92. The highest BCUT2D eigenvalue weighted by Gasteiger charge is 2.16. The number of hydrogen-bond acceptors (Lipinski definition) is 7. The van der Waals surface area contributed by atoms with E-state index < -0.39 is 5.97 Å². The summed E-state index contributed by atoms with van der Waals surface area (Å²) >= 11 is 0. The second-order valence-electron chi connectivity index (χ2n) is 6.66. The number of esters is 1. The van der Waals surface area contributed by atoms with Crippen LogP contribution in [-0.4, -0.2) is 38.9 Å². The van der Waals surface area contributed by atoms with Crippen molar-refractivity contribution in [1.82, 2.24) is 5.43 Å². The normalized spacial score (nSPS) is 10.5. The Labute approximate surface area is 191 Å². The summed E-state index contributed by atoms with van der Waals surface area (Å²) in [6.07, 6.45) is 1.48. The first-order chi connectivity index (χ1) is 16.0. The molecule has 0 atom stereocenters. The molecule has 0 heterocycles. The van der Waals surface area contributed by atoms with Gasteiger partial charge in [-0.3, -0.25) is 4.79 Å². The molecule has 0 aliphatic heterocycles. The molecule has 0 fully saturated rings. The van der Waals surface area contributed by atoms with E-state index in [9.17, 15) is 9.59 Å². The summed E-state index contributed by atoms with van der Waals surface area (Å²) < 4.78 is 21.6. The molecule has 170 valence electrons. The third kappa shape index (κ3) is 6.10. The van der Waals surface area contributed by atoms with Gasteiger partial charge in [0.05, 0.1) is 32.6 Å². The van der Waals surface area contributed by atoms with Gasteiger partial charge in [0.25, 0.3) is 5.91 Å². The third-order valence-corrected chi connectivity index (χ3v) is 4.51. The van der Waals surface area contributed by atoms with E-state index in [-0.39, 0.29) is 11.7 Å². The fraction of sp³-hybridized carbons (Fsp3) is 0.160. The van der Waals surface area contributed by atoms with Crippen molar-refractivity contribution < 1.29 is 28.5 Å². The molecule has 3 aromatic carbocycles. The van der Waals surface area contributed by atoms with Gasteiger partial charge in [0, 0.05) is 5.56 Å². The average molecular weight is 448 g/mol. The van der Waals surface area contributed by atoms with E-state index in [0.717, 1.165) is 0 Å². The van der Waals surface area contributed by atoms with Crippen LogP contribution in [-0.2, 0) is 0 Å². The van der Waals surface area contributed by atoms with Gasteiger partial charge in [0.2, 0.25) is 0 Å². The first kappa shape index (κ1) is 23.3. The molecule has 33 heavy (non-hydrogen) atoms. The number of carbonyl (C=O) groups excluding carboxylic acids is 2. The predicted octanol–water partition coefficient (Wildman–Crippen LogP) is 4.09. The molecule has 0 spiro atoms. The molecule has 0 aliphatic rings. The van der Waals surface area contributed by atoms with Gasteiger partial charge in [-0.1, -0.05) is 18.2 Å². The molecular weight excluding hydrogens is 424 g/mol. The Hall–Kier alpha value is -4.33. The molecule has 1 N–H and O–H groups in total. The number of hydrogen-bond donors (Lipinski definition) is 1. The zero-order chi connectivity index (χ0) is 23.6. The maximum absolute atomic E-state index is 12.7. The van der Waals surface area contributed by atoms with Gasteiger partial charge in [-0.2, -0.15) is 5.10 Å². The van der Waals surface area contributed by atoms with E-state index in [4.69, 9.17) is 18.9 Å². The smallest absolute Gasteiger partial charge is 0.343 e. The van der Waals surface area contributed by atoms with Crippen LogP contribution in [0.25, 0.3) is 0 Å². The van der Waals surface area contributed by atoms with Crippen molar-refractivity contribution in [2.24, 2.45) is 5.10 Å². The Balaban J connectivity index is 1.73. The fourth-order valence-corrected chi connectivity index (χ4v) is 2.90. The van der Waals surface area contributed by atoms with Crippen molar-refractivity contribution in [3.63, 3.8) is 0 Å². The fourth-order valence-electron chi connectivity index (χ4n) is 2.90. The van der Waals surface area contributed by atoms with Crippen LogP contribution in [0.1, 0.15) is 33.2 Å². The van der Waals surface area contributed by atoms with Crippen molar-refractivity contribution in [1.29, 1.82) is 0 Å². The summed E-state index contributed by atoms with van der Waals surface area (Å²) in [5, 5.41) is 3.98. The Morgan fingerprint density at radius 2 is 1.58 bits per heavy atom. The minimum absolute atomic E-state index is 0.252. The van der Waals surface area contributed by atoms with Crippen LogP contribution in [0.15, 0.2) is 71.8 Å². The monoisotopic (exact) mass is 448 g/mol. The topological polar surface area (TPSA) is 95.5 Å². The van der Waals surface area contributed by atoms with Gasteiger partial charge in [-0.05, 0) is 61.0 Å². The standard InChI is InChI=1S/C25H24N2O6/c1-4-32-23-14-17(16-26-27-24(28)18-8-6-5-7-9-18)10-12-21(23)33-25(29)19-11-13-20(30-2)22(15-19)31-3/h5-16H,4H2,1-3H3,(H,27,28)/b26-16+. The number of rotatable bonds is 9. The van der Waals surface area contributed by atoms with E-state index >= 15 is 0 Å². The van der Waals surface area contributed by atoms with Crippen LogP contribution in [0.4, 0.5) is 0 Å². The zero-order valence-corrected chi connectivity index (χ0v) is 18.5. The van der Waals surface area contributed by atoms with Crippen molar-refractivity contribution in [2.75, 3.05) is 20.8 Å². The van der Waals surface area contributed by atoms with Gasteiger partial charge < -0.3 is 18.9 Å². The molecule has 0 saturated carbocycles. The number of hydrazone groups is 1. The number of methoxy groups -OCH3 is 2. The molecule has 0 radical (unpaired) electrons. The molecule has 0 aromatic heterocycles. The molecular formula is C25H24N2O6. The van der Waals surface area contributed by atoms with Crippen LogP contribution >= 0.6 is 0 Å². The number of nitrogens with zero attached hydrogens (tertiary/aromatic N) is 1. The summed E-state index contributed by atoms with van der Waals surface area (Å²) in [4.78, 5) is 24.7. The lowest BCUT2D eigenvalue weighted by Crippen LogP contribution is -2.17. The molecule has 3 rings (SSSR count). The van der Waals surface area contributed by atoms with E-state index in [2.05, 4.69) is 10.5 Å². The Morgan fingerprint density at radius 1 is 0.848 bits per heavy atom. The summed E-state index contributed by atoms with van der Waals surface area (Å²) in [7, 11) is 3.00. The second-order valence-corrected chi connectivity index (χ2v) is 6.66. The van der Waals surface area contributed by atoms with Crippen LogP contribution in [0.3, 0.4) is 0 Å². The highest BCUT2D eigenvalue weighted by atomic mass is 16.6. The summed E-state index contributed by atoms with van der Waals surface area (Å²) in [6, 6.07) is 18.5. The first-order valence-electron chi connectivity index (χ1n) is 10.1. The minimum Gasteiger partial charge on any atom is -0.493 e. The van der Waals surface area contributed by atoms with Crippen molar-refractivity contribution >= 4 is 18.1 Å². The van der Waals surface area contributed by atoms with Crippen LogP contribution in [0.5, 0.6) is 23.0 Å². The van der Waals surface area contributed by atoms with Crippen molar-refractivity contribution in [3.05, 3.63) is 83.4 Å². The van der Waals surface area contributed by atoms with Crippen LogP contribution < -0.4 is 24.4 Å². The molecule has 0 unspecified atom stereocenters. The number of amides is 1. The molecule has 0 saturated heterocycles. The Kier molecular flexibility index (Phi) is 8.02. The molecule has 0 aliphatic carbocycles. The van der Waals surface area contributed by atoms with Gasteiger partial charge in [0.1, 0.15) is 0 Å². The van der Waals surface area contributed by atoms with Gasteiger partial charge in [-0.25, -0.2) is 10.2 Å². The van der Waals surface area contributed by atoms with E-state index in [0.29, 0.717) is 40.5 Å². The van der Waals surface area contributed by atoms with Gasteiger partial charge in [0.15, 0.2) is 23.0 Å². The minimum atomic E-state index is -0.576. The molecule has 8 heteroatoms. The number of ether oxygens (including phenoxy) is 4. The molecule has 3 aromatic rings. The highest BCUT2D eigenvalue weighted by molar-refractivity contribution is 5.95. The lowest BCUT2D eigenvalue weighted by molar-refractivity contribution is 0.0727. The maximum Gasteiger partial charge on any atom is 0.343 e. The molecule has 0 bridgehead atoms. The summed E-state index contributed by atoms with van der Waals surface area (Å²) in [6.45, 7) is 2.19.